The van der Waals surface area contributed by atoms with Gasteiger partial charge in [0, 0.05) is 5.54 Å². The van der Waals surface area contributed by atoms with E-state index in [1.807, 2.05) is 0 Å². The molecule has 13 heavy (non-hydrogen) atoms. The molecule has 3 N–H and O–H groups in total. The lowest BCUT2D eigenvalue weighted by Gasteiger charge is -2.42. The van der Waals surface area contributed by atoms with Crippen LogP contribution in [-0.4, -0.2) is 18.6 Å². The SMILES string of the molecule is NC1(C2CCCCC2)CCNCC1. The summed E-state index contributed by atoms with van der Waals surface area (Å²) in [6, 6.07) is 0. The highest BCUT2D eigenvalue weighted by Gasteiger charge is 2.36. The van der Waals surface area contributed by atoms with Crippen LogP contribution in [0.15, 0.2) is 0 Å². The molecular formula is C11H22N2. The van der Waals surface area contributed by atoms with Crippen molar-refractivity contribution in [1.82, 2.24) is 5.32 Å². The van der Waals surface area contributed by atoms with Crippen molar-refractivity contribution in [1.29, 1.82) is 0 Å². The minimum absolute atomic E-state index is 0.186. The van der Waals surface area contributed by atoms with Gasteiger partial charge in [-0.3, -0.25) is 0 Å². The van der Waals surface area contributed by atoms with Gasteiger partial charge < -0.3 is 11.1 Å². The molecule has 1 aliphatic heterocycles. The number of nitrogens with two attached hydrogens (primary N) is 1. The van der Waals surface area contributed by atoms with E-state index < -0.39 is 0 Å². The fraction of sp³-hybridized carbons (Fsp3) is 1.00. The van der Waals surface area contributed by atoms with Crippen LogP contribution in [0, 0.1) is 5.92 Å². The maximum absolute atomic E-state index is 6.49. The van der Waals surface area contributed by atoms with E-state index in [0.717, 1.165) is 19.0 Å². The monoisotopic (exact) mass is 182 g/mol. The number of hydrogen-bond donors (Lipinski definition) is 2. The molecule has 2 rings (SSSR count). The molecule has 0 bridgehead atoms. The van der Waals surface area contributed by atoms with Crippen LogP contribution in [0.2, 0.25) is 0 Å². The summed E-state index contributed by atoms with van der Waals surface area (Å²) < 4.78 is 0. The number of hydrogen-bond acceptors (Lipinski definition) is 2. The third-order valence-corrected chi connectivity index (χ3v) is 3.95. The van der Waals surface area contributed by atoms with Gasteiger partial charge in [-0.2, -0.15) is 0 Å². The van der Waals surface area contributed by atoms with Crippen molar-refractivity contribution in [3.63, 3.8) is 0 Å². The predicted molar refractivity (Wildman–Crippen MR) is 55.6 cm³/mol. The lowest BCUT2D eigenvalue weighted by atomic mass is 9.71. The average Bonchev–Trinajstić information content (AvgIpc) is 2.20. The van der Waals surface area contributed by atoms with E-state index in [0.29, 0.717) is 0 Å². The molecule has 0 aromatic heterocycles. The Morgan fingerprint density at radius 3 is 2.23 bits per heavy atom. The molecular weight excluding hydrogens is 160 g/mol. The van der Waals surface area contributed by atoms with Crippen molar-refractivity contribution in [2.24, 2.45) is 11.7 Å². The molecule has 0 amide bonds. The zero-order chi connectivity index (χ0) is 9.15. The van der Waals surface area contributed by atoms with E-state index in [4.69, 9.17) is 5.73 Å². The summed E-state index contributed by atoms with van der Waals surface area (Å²) in [5, 5.41) is 3.40. The van der Waals surface area contributed by atoms with Crippen LogP contribution in [0.25, 0.3) is 0 Å². The van der Waals surface area contributed by atoms with Crippen LogP contribution < -0.4 is 11.1 Å². The number of piperidine rings is 1. The largest absolute Gasteiger partial charge is 0.325 e. The van der Waals surface area contributed by atoms with Crippen molar-refractivity contribution in [2.75, 3.05) is 13.1 Å². The minimum atomic E-state index is 0.186. The molecule has 0 unspecified atom stereocenters. The van der Waals surface area contributed by atoms with Crippen molar-refractivity contribution < 1.29 is 0 Å². The lowest BCUT2D eigenvalue weighted by Crippen LogP contribution is -2.54. The Kier molecular flexibility index (Phi) is 2.89. The van der Waals surface area contributed by atoms with E-state index in [-0.39, 0.29) is 5.54 Å². The highest BCUT2D eigenvalue weighted by molar-refractivity contribution is 4.95. The molecule has 0 spiro atoms. The molecule has 1 saturated carbocycles. The van der Waals surface area contributed by atoms with Gasteiger partial charge in [0.1, 0.15) is 0 Å². The topological polar surface area (TPSA) is 38.0 Å². The molecule has 76 valence electrons. The lowest BCUT2D eigenvalue weighted by molar-refractivity contribution is 0.162. The van der Waals surface area contributed by atoms with Crippen molar-refractivity contribution in [3.05, 3.63) is 0 Å². The van der Waals surface area contributed by atoms with Gasteiger partial charge in [-0.25, -0.2) is 0 Å². The summed E-state index contributed by atoms with van der Waals surface area (Å²) in [6.07, 6.45) is 9.42. The zero-order valence-corrected chi connectivity index (χ0v) is 8.52. The van der Waals surface area contributed by atoms with Crippen molar-refractivity contribution in [2.45, 2.75) is 50.5 Å². The van der Waals surface area contributed by atoms with Crippen molar-refractivity contribution >= 4 is 0 Å². The van der Waals surface area contributed by atoms with Gasteiger partial charge in [-0.05, 0) is 44.7 Å². The first-order chi connectivity index (χ1) is 6.31. The Morgan fingerprint density at radius 1 is 1.00 bits per heavy atom. The Balaban J connectivity index is 1.94. The standard InChI is InChI=1S/C11H22N2/c12-11(6-8-13-9-7-11)10-4-2-1-3-5-10/h10,13H,1-9,12H2. The van der Waals surface area contributed by atoms with Crippen LogP contribution >= 0.6 is 0 Å². The summed E-state index contributed by atoms with van der Waals surface area (Å²) in [7, 11) is 0. The zero-order valence-electron chi connectivity index (χ0n) is 8.52. The second kappa shape index (κ2) is 3.97. The molecule has 0 radical (unpaired) electrons. The first-order valence-corrected chi connectivity index (χ1v) is 5.81. The molecule has 2 nitrogen and oxygen atoms in total. The first-order valence-electron chi connectivity index (χ1n) is 5.81. The Hall–Kier alpha value is -0.0800. The van der Waals surface area contributed by atoms with Gasteiger partial charge in [-0.15, -0.1) is 0 Å². The fourth-order valence-corrected chi connectivity index (χ4v) is 2.98. The van der Waals surface area contributed by atoms with E-state index in [9.17, 15) is 0 Å². The van der Waals surface area contributed by atoms with Gasteiger partial charge in [-0.1, -0.05) is 19.3 Å². The summed E-state index contributed by atoms with van der Waals surface area (Å²) in [5.74, 6) is 0.823. The molecule has 2 fully saturated rings. The van der Waals surface area contributed by atoms with Gasteiger partial charge in [0.2, 0.25) is 0 Å². The predicted octanol–water partition coefficient (Wildman–Crippen LogP) is 1.65. The highest BCUT2D eigenvalue weighted by atomic mass is 14.9. The molecule has 0 atom stereocenters. The molecule has 1 saturated heterocycles. The van der Waals surface area contributed by atoms with Crippen LogP contribution in [0.4, 0.5) is 0 Å². The highest BCUT2D eigenvalue weighted by Crippen LogP contribution is 2.35. The van der Waals surface area contributed by atoms with E-state index >= 15 is 0 Å². The smallest absolute Gasteiger partial charge is 0.0207 e. The van der Waals surface area contributed by atoms with Crippen LogP contribution in [-0.2, 0) is 0 Å². The minimum Gasteiger partial charge on any atom is -0.325 e. The molecule has 0 aromatic rings. The second-order valence-electron chi connectivity index (χ2n) is 4.82. The molecule has 1 aliphatic carbocycles. The summed E-state index contributed by atoms with van der Waals surface area (Å²) >= 11 is 0. The number of rotatable bonds is 1. The van der Waals surface area contributed by atoms with E-state index in [1.165, 1.54) is 44.9 Å². The maximum Gasteiger partial charge on any atom is 0.0207 e. The Labute approximate surface area is 81.3 Å². The van der Waals surface area contributed by atoms with Gasteiger partial charge in [0.05, 0.1) is 0 Å². The Morgan fingerprint density at radius 2 is 1.62 bits per heavy atom. The third-order valence-electron chi connectivity index (χ3n) is 3.95. The molecule has 1 heterocycles. The quantitative estimate of drug-likeness (QED) is 0.647. The van der Waals surface area contributed by atoms with Gasteiger partial charge in [0.15, 0.2) is 0 Å². The second-order valence-corrected chi connectivity index (χ2v) is 4.82. The normalized spacial score (nSPS) is 30.2. The summed E-state index contributed by atoms with van der Waals surface area (Å²) in [5.41, 5.74) is 6.68. The molecule has 2 aliphatic rings. The summed E-state index contributed by atoms with van der Waals surface area (Å²) in [4.78, 5) is 0. The number of nitrogens with one attached hydrogen (secondary N) is 1. The average molecular weight is 182 g/mol. The van der Waals surface area contributed by atoms with E-state index in [1.54, 1.807) is 0 Å². The van der Waals surface area contributed by atoms with Crippen molar-refractivity contribution in [3.8, 4) is 0 Å². The van der Waals surface area contributed by atoms with Gasteiger partial charge in [0.25, 0.3) is 0 Å². The molecule has 0 aromatic carbocycles. The first kappa shape index (κ1) is 9.47. The van der Waals surface area contributed by atoms with E-state index in [2.05, 4.69) is 5.32 Å². The summed E-state index contributed by atoms with van der Waals surface area (Å²) in [6.45, 7) is 2.26. The maximum atomic E-state index is 6.49. The Bertz CT molecular complexity index is 155. The van der Waals surface area contributed by atoms with Crippen LogP contribution in [0.3, 0.4) is 0 Å². The molecule has 2 heteroatoms. The van der Waals surface area contributed by atoms with Crippen LogP contribution in [0.1, 0.15) is 44.9 Å². The fourth-order valence-electron chi connectivity index (χ4n) is 2.98. The van der Waals surface area contributed by atoms with Gasteiger partial charge >= 0.3 is 0 Å². The van der Waals surface area contributed by atoms with Crippen LogP contribution in [0.5, 0.6) is 0 Å². The third kappa shape index (κ3) is 2.05.